The molecule has 102 valence electrons. The molecule has 1 rings (SSSR count). The van der Waals surface area contributed by atoms with E-state index in [1.165, 1.54) is 18.4 Å². The minimum atomic E-state index is -0.115. The molecule has 0 aliphatic rings. The third-order valence-electron chi connectivity index (χ3n) is 3.31. The van der Waals surface area contributed by atoms with Crippen LogP contribution < -0.4 is 5.32 Å². The van der Waals surface area contributed by atoms with Crippen LogP contribution in [0.2, 0.25) is 0 Å². The lowest BCUT2D eigenvalue weighted by Gasteiger charge is -2.19. The average molecular weight is 251 g/mol. The highest BCUT2D eigenvalue weighted by Gasteiger charge is 2.11. The fourth-order valence-corrected chi connectivity index (χ4v) is 2.25. The van der Waals surface area contributed by atoms with Gasteiger partial charge in [0.2, 0.25) is 0 Å². The molecule has 0 fully saturated rings. The first-order valence-electron chi connectivity index (χ1n) is 7.04. The summed E-state index contributed by atoms with van der Waals surface area (Å²) in [7, 11) is 0. The third kappa shape index (κ3) is 4.77. The highest BCUT2D eigenvalue weighted by molar-refractivity contribution is 5.26. The summed E-state index contributed by atoms with van der Waals surface area (Å²) in [5.41, 5.74) is 1.94. The summed E-state index contributed by atoms with van der Waals surface area (Å²) in [6.07, 6.45) is 3.59. The van der Waals surface area contributed by atoms with Crippen LogP contribution in [0.3, 0.4) is 0 Å². The molecule has 0 amide bonds. The maximum absolute atomic E-state index is 13.3. The predicted octanol–water partition coefficient (Wildman–Crippen LogP) is 4.61. The molecule has 1 aromatic rings. The van der Waals surface area contributed by atoms with Crippen molar-refractivity contribution in [3.05, 3.63) is 35.1 Å². The van der Waals surface area contributed by atoms with Gasteiger partial charge in [0.15, 0.2) is 0 Å². The second-order valence-electron chi connectivity index (χ2n) is 5.44. The molecule has 0 bridgehead atoms. The van der Waals surface area contributed by atoms with E-state index in [1.807, 2.05) is 19.1 Å². The van der Waals surface area contributed by atoms with Gasteiger partial charge in [-0.25, -0.2) is 4.39 Å². The van der Waals surface area contributed by atoms with Crippen molar-refractivity contribution in [2.45, 2.75) is 53.0 Å². The number of nitrogens with one attached hydrogen (secondary N) is 1. The summed E-state index contributed by atoms with van der Waals surface area (Å²) >= 11 is 0. The molecule has 0 heterocycles. The molecule has 1 aromatic carbocycles. The fraction of sp³-hybridized carbons (Fsp3) is 0.625. The van der Waals surface area contributed by atoms with E-state index in [4.69, 9.17) is 0 Å². The largest absolute Gasteiger partial charge is 0.310 e. The van der Waals surface area contributed by atoms with Gasteiger partial charge >= 0.3 is 0 Å². The molecule has 0 aliphatic carbocycles. The number of aryl methyl sites for hydroxylation is 1. The van der Waals surface area contributed by atoms with Crippen molar-refractivity contribution in [2.75, 3.05) is 6.54 Å². The maximum Gasteiger partial charge on any atom is 0.126 e. The SMILES string of the molecule is CCNC(CCCC(C)C)c1ccc(F)c(C)c1. The Morgan fingerprint density at radius 2 is 1.94 bits per heavy atom. The molecule has 1 nitrogen and oxygen atoms in total. The van der Waals surface area contributed by atoms with E-state index in [9.17, 15) is 4.39 Å². The molecule has 2 heteroatoms. The van der Waals surface area contributed by atoms with Crippen LogP contribution in [0.25, 0.3) is 0 Å². The van der Waals surface area contributed by atoms with Crippen LogP contribution in [0.5, 0.6) is 0 Å². The zero-order chi connectivity index (χ0) is 13.5. The van der Waals surface area contributed by atoms with Crippen LogP contribution in [-0.2, 0) is 0 Å². The summed E-state index contributed by atoms with van der Waals surface area (Å²) in [5.74, 6) is 0.637. The number of halogens is 1. The second-order valence-corrected chi connectivity index (χ2v) is 5.44. The Morgan fingerprint density at radius 1 is 1.22 bits per heavy atom. The van der Waals surface area contributed by atoms with E-state index >= 15 is 0 Å². The molecule has 1 unspecified atom stereocenters. The molecular formula is C16H26FN. The number of rotatable bonds is 7. The van der Waals surface area contributed by atoms with Gasteiger partial charge in [-0.05, 0) is 43.0 Å². The van der Waals surface area contributed by atoms with Gasteiger partial charge in [-0.15, -0.1) is 0 Å². The molecule has 0 aromatic heterocycles. The lowest BCUT2D eigenvalue weighted by Crippen LogP contribution is -2.21. The monoisotopic (exact) mass is 251 g/mol. The van der Waals surface area contributed by atoms with Crippen molar-refractivity contribution < 1.29 is 4.39 Å². The van der Waals surface area contributed by atoms with Crippen molar-refractivity contribution in [2.24, 2.45) is 5.92 Å². The predicted molar refractivity (Wildman–Crippen MR) is 76.2 cm³/mol. The number of benzene rings is 1. The molecule has 0 aliphatic heterocycles. The van der Waals surface area contributed by atoms with Gasteiger partial charge in [0, 0.05) is 6.04 Å². The smallest absolute Gasteiger partial charge is 0.126 e. The van der Waals surface area contributed by atoms with Gasteiger partial charge in [-0.3, -0.25) is 0 Å². The molecule has 0 saturated heterocycles. The zero-order valence-corrected chi connectivity index (χ0v) is 12.1. The fourth-order valence-electron chi connectivity index (χ4n) is 2.25. The molecule has 1 N–H and O–H groups in total. The van der Waals surface area contributed by atoms with Crippen LogP contribution in [0, 0.1) is 18.7 Å². The first-order chi connectivity index (χ1) is 8.54. The van der Waals surface area contributed by atoms with Crippen molar-refractivity contribution in [1.29, 1.82) is 0 Å². The van der Waals surface area contributed by atoms with Crippen molar-refractivity contribution in [1.82, 2.24) is 5.32 Å². The zero-order valence-electron chi connectivity index (χ0n) is 12.1. The van der Waals surface area contributed by atoms with E-state index in [0.29, 0.717) is 6.04 Å². The minimum Gasteiger partial charge on any atom is -0.310 e. The Kier molecular flexibility index (Phi) is 6.34. The Balaban J connectivity index is 2.67. The van der Waals surface area contributed by atoms with E-state index in [0.717, 1.165) is 24.4 Å². The van der Waals surface area contributed by atoms with E-state index in [2.05, 4.69) is 26.1 Å². The summed E-state index contributed by atoms with van der Waals surface area (Å²) in [4.78, 5) is 0. The summed E-state index contributed by atoms with van der Waals surface area (Å²) in [6, 6.07) is 5.81. The quantitative estimate of drug-likeness (QED) is 0.746. The van der Waals surface area contributed by atoms with Crippen LogP contribution >= 0.6 is 0 Å². The topological polar surface area (TPSA) is 12.0 Å². The Bertz CT molecular complexity index is 360. The van der Waals surface area contributed by atoms with E-state index in [1.54, 1.807) is 6.07 Å². The Hall–Kier alpha value is -0.890. The van der Waals surface area contributed by atoms with E-state index in [-0.39, 0.29) is 5.82 Å². The van der Waals surface area contributed by atoms with Crippen molar-refractivity contribution in [3.8, 4) is 0 Å². The minimum absolute atomic E-state index is 0.115. The molecule has 0 radical (unpaired) electrons. The molecular weight excluding hydrogens is 225 g/mol. The van der Waals surface area contributed by atoms with Gasteiger partial charge in [0.1, 0.15) is 5.82 Å². The molecule has 0 saturated carbocycles. The van der Waals surface area contributed by atoms with Crippen LogP contribution in [0.15, 0.2) is 18.2 Å². The highest BCUT2D eigenvalue weighted by atomic mass is 19.1. The van der Waals surface area contributed by atoms with Crippen molar-refractivity contribution >= 4 is 0 Å². The first kappa shape index (κ1) is 15.2. The number of hydrogen-bond acceptors (Lipinski definition) is 1. The van der Waals surface area contributed by atoms with Crippen molar-refractivity contribution in [3.63, 3.8) is 0 Å². The second kappa shape index (κ2) is 7.52. The Labute approximate surface area is 111 Å². The molecule has 0 spiro atoms. The summed E-state index contributed by atoms with van der Waals surface area (Å²) < 4.78 is 13.3. The lowest BCUT2D eigenvalue weighted by molar-refractivity contribution is 0.454. The van der Waals surface area contributed by atoms with Gasteiger partial charge in [-0.2, -0.15) is 0 Å². The summed E-state index contributed by atoms with van der Waals surface area (Å²) in [6.45, 7) is 9.40. The summed E-state index contributed by atoms with van der Waals surface area (Å²) in [5, 5.41) is 3.50. The van der Waals surface area contributed by atoms with Gasteiger partial charge in [-0.1, -0.05) is 45.7 Å². The molecule has 18 heavy (non-hydrogen) atoms. The average Bonchev–Trinajstić information content (AvgIpc) is 2.31. The third-order valence-corrected chi connectivity index (χ3v) is 3.31. The van der Waals surface area contributed by atoms with Gasteiger partial charge < -0.3 is 5.32 Å². The van der Waals surface area contributed by atoms with Crippen LogP contribution in [0.4, 0.5) is 4.39 Å². The Morgan fingerprint density at radius 3 is 2.50 bits per heavy atom. The highest BCUT2D eigenvalue weighted by Crippen LogP contribution is 2.22. The number of hydrogen-bond donors (Lipinski definition) is 1. The van der Waals surface area contributed by atoms with Gasteiger partial charge in [0.25, 0.3) is 0 Å². The van der Waals surface area contributed by atoms with Crippen LogP contribution in [0.1, 0.15) is 57.2 Å². The first-order valence-corrected chi connectivity index (χ1v) is 7.04. The molecule has 1 atom stereocenters. The van der Waals surface area contributed by atoms with Crippen LogP contribution in [-0.4, -0.2) is 6.54 Å². The standard InChI is InChI=1S/C16H26FN/c1-5-18-16(8-6-7-12(2)3)14-9-10-15(17)13(4)11-14/h9-12,16,18H,5-8H2,1-4H3. The maximum atomic E-state index is 13.3. The normalized spacial score (nSPS) is 13.0. The van der Waals surface area contributed by atoms with Gasteiger partial charge in [0.05, 0.1) is 0 Å². The van der Waals surface area contributed by atoms with E-state index < -0.39 is 0 Å². The lowest BCUT2D eigenvalue weighted by atomic mass is 9.97.